The summed E-state index contributed by atoms with van der Waals surface area (Å²) in [6, 6.07) is 26.3. The van der Waals surface area contributed by atoms with Gasteiger partial charge in [0, 0.05) is 23.7 Å². The van der Waals surface area contributed by atoms with Crippen LogP contribution in [0.3, 0.4) is 0 Å². The predicted molar refractivity (Wildman–Crippen MR) is 219 cm³/mol. The smallest absolute Gasteiger partial charge is 0.200 e. The second-order valence-corrected chi connectivity index (χ2v) is 15.1. The molecule has 2 heterocycles. The fraction of sp³-hybridized carbons (Fsp3) is 0.304. The van der Waals surface area contributed by atoms with E-state index in [-0.39, 0.29) is 48.0 Å². The largest absolute Gasteiger partial charge is 0.668 e. The van der Waals surface area contributed by atoms with Crippen LogP contribution in [0.25, 0.3) is 10.8 Å². The fourth-order valence-electron chi connectivity index (χ4n) is 8.86. The number of pyridine rings is 1. The Morgan fingerprint density at radius 1 is 0.879 bits per heavy atom. The zero-order valence-corrected chi connectivity index (χ0v) is 32.4. The molecule has 1 fully saturated rings. The summed E-state index contributed by atoms with van der Waals surface area (Å²) in [6.07, 6.45) is 3.18. The number of ether oxygens (including phenoxy) is 2. The van der Waals surface area contributed by atoms with Gasteiger partial charge in [0.15, 0.2) is 23.0 Å². The molecule has 7 N–H and O–H groups in total. The van der Waals surface area contributed by atoms with E-state index < -0.39 is 35.2 Å². The van der Waals surface area contributed by atoms with Crippen molar-refractivity contribution >= 4 is 28.1 Å². The number of nitrogens with zero attached hydrogens (tertiary/aromatic N) is 2. The highest BCUT2D eigenvalue weighted by molar-refractivity contribution is 5.87. The van der Waals surface area contributed by atoms with Crippen molar-refractivity contribution in [2.24, 2.45) is 11.8 Å². The number of aromatic nitrogens is 2. The number of aromatic hydroxyl groups is 4. The van der Waals surface area contributed by atoms with Crippen molar-refractivity contribution in [1.29, 1.82) is 0 Å². The highest BCUT2D eigenvalue weighted by Gasteiger charge is 2.57. The van der Waals surface area contributed by atoms with E-state index in [1.807, 2.05) is 48.5 Å². The Bertz CT molecular complexity index is 2380. The highest BCUT2D eigenvalue weighted by Crippen LogP contribution is 2.54. The van der Waals surface area contributed by atoms with Gasteiger partial charge in [-0.25, -0.2) is 4.98 Å². The summed E-state index contributed by atoms with van der Waals surface area (Å²) in [6.45, 7) is 0. The Hall–Kier alpha value is -6.24. The maximum atomic E-state index is 15.1. The number of anilines is 2. The number of ketones is 1. The van der Waals surface area contributed by atoms with Gasteiger partial charge in [-0.15, -0.1) is 0 Å². The van der Waals surface area contributed by atoms with E-state index in [0.29, 0.717) is 42.8 Å². The van der Waals surface area contributed by atoms with Crippen molar-refractivity contribution in [3.63, 3.8) is 0 Å². The van der Waals surface area contributed by atoms with Gasteiger partial charge in [0.2, 0.25) is 5.75 Å². The summed E-state index contributed by atoms with van der Waals surface area (Å²) in [4.78, 5) is 24.3. The van der Waals surface area contributed by atoms with Crippen molar-refractivity contribution in [2.45, 2.75) is 62.6 Å². The summed E-state index contributed by atoms with van der Waals surface area (Å²) in [5.74, 6) is -1.51. The summed E-state index contributed by atoms with van der Waals surface area (Å²) in [7, 11) is 2.84. The standard InChI is InChI=1S/C46H48N3O9/c1-57-41-21-27(5-12-37(41)52)6-13-38(53)44(39(54)14-7-28-20-40(55)45(56)42(22-28)58-2)46(17-15-36(51)35(46)26-32-4-3-18-47-32)31-16-19-48-43(25-31)49-33-10-8-30-24-34(50)11-9-29(30)23-33/h3-5,8-12,16,18-25,35-36,38,44,50-53,55-56H,6-7,13-15,17,26H2,1-2H3,(H,48,49)/q-1. The molecule has 6 aromatic rings. The average molecular weight is 787 g/mol. The van der Waals surface area contributed by atoms with Gasteiger partial charge in [0.1, 0.15) is 17.4 Å². The number of fused-ring (bicyclic) bond motifs is 1. The average Bonchev–Trinajstić information content (AvgIpc) is 3.86. The van der Waals surface area contributed by atoms with E-state index >= 15 is 4.79 Å². The molecule has 0 saturated heterocycles. The number of aliphatic hydroxyl groups is 2. The molecule has 5 atom stereocenters. The number of benzene rings is 4. The number of Topliss-reactive ketones (excluding diaryl/α,β-unsaturated/α-hetero) is 1. The Morgan fingerprint density at radius 3 is 2.43 bits per heavy atom. The number of aliphatic hydroxyl groups excluding tert-OH is 2. The van der Waals surface area contributed by atoms with Crippen LogP contribution in [0, 0.1) is 11.8 Å². The molecule has 58 heavy (non-hydrogen) atoms. The number of hydrogen-bond acceptors (Lipinski definition) is 11. The molecule has 0 aliphatic heterocycles. The molecule has 0 spiro atoms. The molecule has 1 saturated carbocycles. The van der Waals surface area contributed by atoms with Gasteiger partial charge in [-0.1, -0.05) is 30.3 Å². The van der Waals surface area contributed by atoms with Gasteiger partial charge in [-0.2, -0.15) is 11.9 Å². The zero-order chi connectivity index (χ0) is 41.0. The van der Waals surface area contributed by atoms with Crippen LogP contribution in [0.2, 0.25) is 0 Å². The van der Waals surface area contributed by atoms with Crippen molar-refractivity contribution in [2.75, 3.05) is 19.5 Å². The molecule has 1 aliphatic rings. The predicted octanol–water partition coefficient (Wildman–Crippen LogP) is 6.84. The van der Waals surface area contributed by atoms with Crippen molar-refractivity contribution in [1.82, 2.24) is 9.97 Å². The minimum atomic E-state index is -1.18. The van der Waals surface area contributed by atoms with Gasteiger partial charge >= 0.3 is 0 Å². The number of hydrogen-bond donors (Lipinski definition) is 7. The van der Waals surface area contributed by atoms with Crippen molar-refractivity contribution in [3.05, 3.63) is 126 Å². The molecule has 0 radical (unpaired) electrons. The normalized spacial score (nSPS) is 18.8. The van der Waals surface area contributed by atoms with Crippen LogP contribution in [0.4, 0.5) is 11.5 Å². The molecule has 1 aliphatic carbocycles. The lowest BCUT2D eigenvalue weighted by atomic mass is 9.58. The molecule has 4 aromatic carbocycles. The first-order chi connectivity index (χ1) is 28.0. The van der Waals surface area contributed by atoms with E-state index in [2.05, 4.69) is 15.3 Å². The Labute approximate surface area is 336 Å². The molecule has 12 nitrogen and oxygen atoms in total. The van der Waals surface area contributed by atoms with Gasteiger partial charge in [-0.05, 0) is 133 Å². The molecule has 302 valence electrons. The number of aryl methyl sites for hydroxylation is 2. The summed E-state index contributed by atoms with van der Waals surface area (Å²) in [5.41, 5.74) is 2.52. The third-order valence-corrected chi connectivity index (χ3v) is 11.7. The quantitative estimate of drug-likeness (QED) is 0.0506. The fourth-order valence-corrected chi connectivity index (χ4v) is 8.86. The van der Waals surface area contributed by atoms with Gasteiger partial charge in [0.05, 0.1) is 32.3 Å². The maximum Gasteiger partial charge on any atom is 0.200 e. The number of phenolic OH excluding ortho intramolecular Hbond substituents is 4. The van der Waals surface area contributed by atoms with Crippen LogP contribution in [-0.4, -0.2) is 67.8 Å². The van der Waals surface area contributed by atoms with Crippen LogP contribution >= 0.6 is 0 Å². The van der Waals surface area contributed by atoms with E-state index in [0.717, 1.165) is 33.3 Å². The molecule has 5 unspecified atom stereocenters. The monoisotopic (exact) mass is 786 g/mol. The van der Waals surface area contributed by atoms with Gasteiger partial charge in [-0.3, -0.25) is 4.79 Å². The van der Waals surface area contributed by atoms with E-state index in [1.165, 1.54) is 26.4 Å². The number of nitrogens with one attached hydrogen (secondary N) is 1. The summed E-state index contributed by atoms with van der Waals surface area (Å²) >= 11 is 0. The Kier molecular flexibility index (Phi) is 11.8. The Morgan fingerprint density at radius 2 is 1.66 bits per heavy atom. The maximum absolute atomic E-state index is 15.1. The summed E-state index contributed by atoms with van der Waals surface area (Å²) in [5, 5.41) is 70.4. The van der Waals surface area contributed by atoms with Crippen LogP contribution in [-0.2, 0) is 29.5 Å². The number of rotatable bonds is 16. The molecule has 0 amide bonds. The molecular weight excluding hydrogens is 739 g/mol. The third kappa shape index (κ3) is 8.25. The van der Waals surface area contributed by atoms with Crippen LogP contribution < -0.4 is 19.8 Å². The zero-order valence-electron chi connectivity index (χ0n) is 32.4. The van der Waals surface area contributed by atoms with Crippen molar-refractivity contribution in [3.8, 4) is 34.5 Å². The first kappa shape index (κ1) is 40.0. The lowest BCUT2D eigenvalue weighted by Crippen LogP contribution is -2.51. The lowest BCUT2D eigenvalue weighted by Gasteiger charge is -2.45. The van der Waals surface area contributed by atoms with Crippen LogP contribution in [0.1, 0.15) is 48.1 Å². The first-order valence-electron chi connectivity index (χ1n) is 19.4. The molecule has 7 rings (SSSR count). The SMILES string of the molecule is COc1cc(CCC(O)C(C(=O)CCc2cc(O)c(O)c(OC)c2)C2(c3ccnc(Nc4ccc5cc(O)ccc5c4)c3)CCC(O)C2Cc2ccc[n-]2)ccc1O. The van der Waals surface area contributed by atoms with Crippen LogP contribution in [0.15, 0.2) is 103 Å². The highest BCUT2D eigenvalue weighted by atomic mass is 16.5. The minimum absolute atomic E-state index is 0.00954. The summed E-state index contributed by atoms with van der Waals surface area (Å²) < 4.78 is 10.6. The minimum Gasteiger partial charge on any atom is -0.668 e. The lowest BCUT2D eigenvalue weighted by molar-refractivity contribution is -0.132. The van der Waals surface area contributed by atoms with Crippen LogP contribution in [0.5, 0.6) is 34.5 Å². The molecular formula is C46H48N3O9-. The second-order valence-electron chi connectivity index (χ2n) is 15.1. The second kappa shape index (κ2) is 17.1. The van der Waals surface area contributed by atoms with E-state index in [4.69, 9.17) is 9.47 Å². The third-order valence-electron chi connectivity index (χ3n) is 11.7. The Balaban J connectivity index is 1.30. The number of carbonyl (C=O) groups is 1. The molecule has 2 aromatic heterocycles. The van der Waals surface area contributed by atoms with Gasteiger partial charge in [0.25, 0.3) is 0 Å². The molecule has 12 heteroatoms. The van der Waals surface area contributed by atoms with Gasteiger partial charge < -0.3 is 50.4 Å². The first-order valence-corrected chi connectivity index (χ1v) is 19.4. The number of methoxy groups -OCH3 is 2. The number of phenols is 4. The van der Waals surface area contributed by atoms with E-state index in [1.54, 1.807) is 42.7 Å². The van der Waals surface area contributed by atoms with Crippen molar-refractivity contribution < 1.29 is 44.9 Å². The topological polar surface area (TPSA) is 196 Å². The van der Waals surface area contributed by atoms with E-state index in [9.17, 15) is 30.6 Å². The number of carbonyl (C=O) groups excluding carboxylic acids is 1. The molecule has 0 bridgehead atoms.